The minimum atomic E-state index is -0.888. The van der Waals surface area contributed by atoms with Gasteiger partial charge in [-0.25, -0.2) is 0 Å². The van der Waals surface area contributed by atoms with Crippen LogP contribution >= 0.6 is 11.3 Å². The Morgan fingerprint density at radius 3 is 2.57 bits per heavy atom. The fourth-order valence-corrected chi connectivity index (χ4v) is 3.74. The molecule has 0 aromatic carbocycles. The minimum absolute atomic E-state index is 0.0552. The van der Waals surface area contributed by atoms with Crippen LogP contribution in [0.4, 0.5) is 0 Å². The molecule has 0 bridgehead atoms. The van der Waals surface area contributed by atoms with E-state index in [1.165, 1.54) is 23.3 Å². The molecule has 1 atom stereocenters. The summed E-state index contributed by atoms with van der Waals surface area (Å²) in [4.78, 5) is 25.4. The van der Waals surface area contributed by atoms with E-state index in [0.29, 0.717) is 4.88 Å². The van der Waals surface area contributed by atoms with E-state index in [2.05, 4.69) is 5.32 Å². The third kappa shape index (κ3) is 4.06. The van der Waals surface area contributed by atoms with E-state index in [1.807, 2.05) is 26.8 Å². The second-order valence-electron chi connectivity index (χ2n) is 6.76. The Morgan fingerprint density at radius 2 is 2.00 bits per heavy atom. The Hall–Kier alpha value is -1.36. The highest BCUT2D eigenvalue weighted by Crippen LogP contribution is 2.30. The van der Waals surface area contributed by atoms with Gasteiger partial charge in [-0.3, -0.25) is 9.59 Å². The maximum absolute atomic E-state index is 12.4. The summed E-state index contributed by atoms with van der Waals surface area (Å²) in [6.07, 6.45) is 4.44. The van der Waals surface area contributed by atoms with Gasteiger partial charge in [0.25, 0.3) is 5.91 Å². The second kappa shape index (κ2) is 6.18. The standard InChI is InChI=1S/C16H23NO3S/c1-16(2,3)13(9-14(18)19)17-15(20)12-8-10-6-4-5-7-11(10)21-12/h8,13H,4-7,9H2,1-3H3,(H,17,20)(H,18,19). The van der Waals surface area contributed by atoms with Crippen molar-refractivity contribution < 1.29 is 14.7 Å². The number of thiophene rings is 1. The zero-order valence-corrected chi connectivity index (χ0v) is 13.7. The van der Waals surface area contributed by atoms with Gasteiger partial charge in [0.15, 0.2) is 0 Å². The lowest BCUT2D eigenvalue weighted by Gasteiger charge is -2.30. The Labute approximate surface area is 129 Å². The molecule has 1 aromatic heterocycles. The number of nitrogens with one attached hydrogen (secondary N) is 1. The van der Waals surface area contributed by atoms with Crippen LogP contribution in [0.5, 0.6) is 0 Å². The van der Waals surface area contributed by atoms with Crippen LogP contribution in [0, 0.1) is 5.41 Å². The largest absolute Gasteiger partial charge is 0.481 e. The van der Waals surface area contributed by atoms with Crippen molar-refractivity contribution in [3.8, 4) is 0 Å². The summed E-state index contributed by atoms with van der Waals surface area (Å²) in [5, 5.41) is 11.9. The molecule has 4 nitrogen and oxygen atoms in total. The molecule has 21 heavy (non-hydrogen) atoms. The molecule has 1 aliphatic rings. The molecule has 2 N–H and O–H groups in total. The van der Waals surface area contributed by atoms with Crippen LogP contribution in [-0.4, -0.2) is 23.0 Å². The lowest BCUT2D eigenvalue weighted by molar-refractivity contribution is -0.138. The zero-order chi connectivity index (χ0) is 15.6. The summed E-state index contributed by atoms with van der Waals surface area (Å²) < 4.78 is 0. The van der Waals surface area contributed by atoms with Crippen LogP contribution in [0.2, 0.25) is 0 Å². The van der Waals surface area contributed by atoms with E-state index in [4.69, 9.17) is 5.11 Å². The molecule has 0 spiro atoms. The number of carboxylic acid groups (broad SMARTS) is 1. The molecule has 116 valence electrons. The Bertz CT molecular complexity index is 519. The molecule has 0 saturated heterocycles. The molecule has 5 heteroatoms. The maximum atomic E-state index is 12.4. The van der Waals surface area contributed by atoms with Crippen molar-refractivity contribution in [1.29, 1.82) is 0 Å². The van der Waals surface area contributed by atoms with Crippen molar-refractivity contribution >= 4 is 23.2 Å². The highest BCUT2D eigenvalue weighted by molar-refractivity contribution is 7.14. The molecule has 1 aliphatic carbocycles. The molecule has 0 saturated carbocycles. The van der Waals surface area contributed by atoms with Gasteiger partial charge in [-0.05, 0) is 42.7 Å². The summed E-state index contributed by atoms with van der Waals surface area (Å²) in [6.45, 7) is 5.83. The predicted octanol–water partition coefficient (Wildman–Crippen LogP) is 3.25. The Kier molecular flexibility index (Phi) is 4.71. The number of rotatable bonds is 4. The maximum Gasteiger partial charge on any atom is 0.305 e. The molecule has 1 amide bonds. The van der Waals surface area contributed by atoms with E-state index in [1.54, 1.807) is 11.3 Å². The van der Waals surface area contributed by atoms with Crippen molar-refractivity contribution in [3.63, 3.8) is 0 Å². The van der Waals surface area contributed by atoms with Gasteiger partial charge >= 0.3 is 5.97 Å². The first kappa shape index (κ1) is 16.0. The van der Waals surface area contributed by atoms with E-state index in [0.717, 1.165) is 12.8 Å². The second-order valence-corrected chi connectivity index (χ2v) is 7.89. The fraction of sp³-hybridized carbons (Fsp3) is 0.625. The Balaban J connectivity index is 2.11. The van der Waals surface area contributed by atoms with Crippen LogP contribution in [0.1, 0.15) is 60.1 Å². The molecule has 0 aliphatic heterocycles. The number of carboxylic acids is 1. The predicted molar refractivity (Wildman–Crippen MR) is 83.9 cm³/mol. The molecular weight excluding hydrogens is 286 g/mol. The monoisotopic (exact) mass is 309 g/mol. The number of amides is 1. The van der Waals surface area contributed by atoms with E-state index in [9.17, 15) is 9.59 Å². The van der Waals surface area contributed by atoms with E-state index < -0.39 is 5.97 Å². The lowest BCUT2D eigenvalue weighted by atomic mass is 9.84. The number of carbonyl (C=O) groups is 2. The molecule has 2 rings (SSSR count). The fourth-order valence-electron chi connectivity index (χ4n) is 2.58. The van der Waals surface area contributed by atoms with Crippen LogP contribution < -0.4 is 5.32 Å². The van der Waals surface area contributed by atoms with Gasteiger partial charge in [0, 0.05) is 10.9 Å². The SMILES string of the molecule is CC(C)(C)C(CC(=O)O)NC(=O)c1cc2c(s1)CCCC2. The number of fused-ring (bicyclic) bond motifs is 1. The van der Waals surface area contributed by atoms with Crippen molar-refractivity contribution in [2.24, 2.45) is 5.41 Å². The van der Waals surface area contributed by atoms with Crippen LogP contribution in [0.3, 0.4) is 0 Å². The van der Waals surface area contributed by atoms with Gasteiger partial charge in [0.2, 0.25) is 0 Å². The van der Waals surface area contributed by atoms with Crippen molar-refractivity contribution in [2.45, 2.75) is 58.9 Å². The summed E-state index contributed by atoms with van der Waals surface area (Å²) in [5.41, 5.74) is 1.01. The minimum Gasteiger partial charge on any atom is -0.481 e. The molecule has 1 unspecified atom stereocenters. The molecule has 0 fully saturated rings. The summed E-state index contributed by atoms with van der Waals surface area (Å²) in [5.74, 6) is -1.03. The number of aryl methyl sites for hydroxylation is 2. The van der Waals surface area contributed by atoms with Gasteiger partial charge in [-0.15, -0.1) is 11.3 Å². The first-order valence-corrected chi connectivity index (χ1v) is 8.23. The summed E-state index contributed by atoms with van der Waals surface area (Å²) in [7, 11) is 0. The first-order chi connectivity index (χ1) is 9.77. The van der Waals surface area contributed by atoms with Gasteiger partial charge in [-0.2, -0.15) is 0 Å². The molecular formula is C16H23NO3S. The van der Waals surface area contributed by atoms with Crippen molar-refractivity contribution in [3.05, 3.63) is 21.4 Å². The smallest absolute Gasteiger partial charge is 0.305 e. The Morgan fingerprint density at radius 1 is 1.33 bits per heavy atom. The quantitative estimate of drug-likeness (QED) is 0.897. The topological polar surface area (TPSA) is 66.4 Å². The summed E-state index contributed by atoms with van der Waals surface area (Å²) >= 11 is 1.56. The third-order valence-electron chi connectivity index (χ3n) is 3.95. The lowest BCUT2D eigenvalue weighted by Crippen LogP contribution is -2.44. The number of hydrogen-bond acceptors (Lipinski definition) is 3. The average molecular weight is 309 g/mol. The number of carbonyl (C=O) groups excluding carboxylic acids is 1. The zero-order valence-electron chi connectivity index (χ0n) is 12.9. The highest BCUT2D eigenvalue weighted by atomic mass is 32.1. The van der Waals surface area contributed by atoms with Crippen LogP contribution in [-0.2, 0) is 17.6 Å². The number of hydrogen-bond donors (Lipinski definition) is 2. The van der Waals surface area contributed by atoms with Crippen LogP contribution in [0.15, 0.2) is 6.07 Å². The third-order valence-corrected chi connectivity index (χ3v) is 5.19. The van der Waals surface area contributed by atoms with Crippen molar-refractivity contribution in [1.82, 2.24) is 5.32 Å². The molecule has 1 aromatic rings. The van der Waals surface area contributed by atoms with Gasteiger partial charge in [-0.1, -0.05) is 20.8 Å². The van der Waals surface area contributed by atoms with E-state index >= 15 is 0 Å². The van der Waals surface area contributed by atoms with Crippen molar-refractivity contribution in [2.75, 3.05) is 0 Å². The first-order valence-electron chi connectivity index (χ1n) is 7.41. The van der Waals surface area contributed by atoms with Gasteiger partial charge < -0.3 is 10.4 Å². The van der Waals surface area contributed by atoms with Crippen LogP contribution in [0.25, 0.3) is 0 Å². The van der Waals surface area contributed by atoms with E-state index in [-0.39, 0.29) is 23.8 Å². The molecule has 0 radical (unpaired) electrons. The van der Waals surface area contributed by atoms with Gasteiger partial charge in [0.1, 0.15) is 0 Å². The average Bonchev–Trinajstić information content (AvgIpc) is 2.80. The normalized spacial score (nSPS) is 16.1. The summed E-state index contributed by atoms with van der Waals surface area (Å²) in [6, 6.07) is 1.61. The van der Waals surface area contributed by atoms with Gasteiger partial charge in [0.05, 0.1) is 11.3 Å². The highest BCUT2D eigenvalue weighted by Gasteiger charge is 2.29. The molecule has 1 heterocycles. The number of aliphatic carboxylic acids is 1.